The number of Topliss-reactive ketones (excluding diaryl/α,β-unsaturated/α-hetero) is 3. The van der Waals surface area contributed by atoms with Gasteiger partial charge in [-0.05, 0) is 114 Å². The van der Waals surface area contributed by atoms with Crippen LogP contribution in [0.5, 0.6) is 0 Å². The van der Waals surface area contributed by atoms with E-state index in [1.165, 1.54) is 12.0 Å². The van der Waals surface area contributed by atoms with Gasteiger partial charge in [-0.2, -0.15) is 0 Å². The van der Waals surface area contributed by atoms with Crippen LogP contribution in [0.3, 0.4) is 0 Å². The first-order valence-electron chi connectivity index (χ1n) is 24.4. The van der Waals surface area contributed by atoms with Gasteiger partial charge in [0.25, 0.3) is 11.7 Å². The Morgan fingerprint density at radius 3 is 2.25 bits per heavy atom. The van der Waals surface area contributed by atoms with Crippen molar-refractivity contribution in [2.45, 2.75) is 193 Å². The number of allylic oxidation sites excluding steroid dienone is 6. The lowest BCUT2D eigenvalue weighted by molar-refractivity contribution is -0.265. The molecule has 0 aromatic heterocycles. The molecule has 65 heavy (non-hydrogen) atoms. The average Bonchev–Trinajstić information content (AvgIpc) is 3.28. The van der Waals surface area contributed by atoms with Gasteiger partial charge in [-0.1, -0.05) is 71.1 Å². The molecule has 0 radical (unpaired) electrons. The first kappa shape index (κ1) is 54.7. The standard InChI is InChI=1S/C52H83NO12/c1-31-17-13-12-14-18-32(2)44(61-9)29-40-22-20-37(7)52(60,65-40)50(58)51(59)53-24-16-15-19-41(53)38(8)64-45(34(4)27-39-21-23-42(54)46(28-39)62-10)30-43(55)33(3)26-36(6)48(57)49(63-11)47(56)35(5)25-31/h12-14,17-18,26,31,33-35,37-42,44-46,48-49,54,57,60H,15-16,19-25,27-30H2,1-11H3/b14-12?,17-13+,32-18?,36-26+/t31-,33-,34-,35-,37-,38?,39+,40+,41?,42-,44+,45?,46-,48-,49+,52-/m1/s1. The summed E-state index contributed by atoms with van der Waals surface area (Å²) >= 11 is 0. The summed E-state index contributed by atoms with van der Waals surface area (Å²) in [6.45, 7) is 15.3. The molecule has 13 heteroatoms. The molecule has 3 heterocycles. The second-order valence-corrected chi connectivity index (χ2v) is 20.0. The molecule has 2 saturated heterocycles. The van der Waals surface area contributed by atoms with Crippen LogP contribution in [0.2, 0.25) is 0 Å². The van der Waals surface area contributed by atoms with Crippen molar-refractivity contribution in [1.29, 1.82) is 0 Å². The molecule has 1 amide bonds. The zero-order valence-corrected chi connectivity index (χ0v) is 41.3. The number of nitrogens with zero attached hydrogens (tertiary/aromatic N) is 1. The van der Waals surface area contributed by atoms with Gasteiger partial charge in [0.05, 0.1) is 42.7 Å². The van der Waals surface area contributed by atoms with Crippen molar-refractivity contribution in [3.8, 4) is 0 Å². The quantitative estimate of drug-likeness (QED) is 0.183. The summed E-state index contributed by atoms with van der Waals surface area (Å²) in [5.41, 5.74) is 1.37. The maximum atomic E-state index is 14.4. The van der Waals surface area contributed by atoms with Gasteiger partial charge in [0.15, 0.2) is 5.78 Å². The van der Waals surface area contributed by atoms with Crippen molar-refractivity contribution in [3.63, 3.8) is 0 Å². The van der Waals surface area contributed by atoms with Crippen molar-refractivity contribution in [1.82, 2.24) is 4.90 Å². The molecule has 3 N–H and O–H groups in total. The molecular weight excluding hydrogens is 831 g/mol. The van der Waals surface area contributed by atoms with Gasteiger partial charge < -0.3 is 43.9 Å². The third-order valence-electron chi connectivity index (χ3n) is 14.9. The van der Waals surface area contributed by atoms with Crippen LogP contribution < -0.4 is 0 Å². The van der Waals surface area contributed by atoms with Crippen molar-refractivity contribution in [2.75, 3.05) is 27.9 Å². The Morgan fingerprint density at radius 2 is 1.57 bits per heavy atom. The van der Waals surface area contributed by atoms with Gasteiger partial charge in [-0.25, -0.2) is 0 Å². The van der Waals surface area contributed by atoms with E-state index in [0.717, 1.165) is 18.4 Å². The predicted octanol–water partition coefficient (Wildman–Crippen LogP) is 7.04. The molecule has 1 saturated carbocycles. The van der Waals surface area contributed by atoms with Crippen molar-refractivity contribution >= 4 is 23.3 Å². The minimum absolute atomic E-state index is 0.0432. The van der Waals surface area contributed by atoms with Crippen LogP contribution in [0, 0.1) is 35.5 Å². The number of piperidine rings is 1. The molecule has 368 valence electrons. The van der Waals surface area contributed by atoms with Crippen LogP contribution in [0.25, 0.3) is 0 Å². The molecule has 16 atom stereocenters. The zero-order valence-electron chi connectivity index (χ0n) is 41.3. The molecule has 0 spiro atoms. The summed E-state index contributed by atoms with van der Waals surface area (Å²) in [4.78, 5) is 58.2. The Kier molecular flexibility index (Phi) is 21.4. The van der Waals surface area contributed by atoms with E-state index in [9.17, 15) is 34.5 Å². The Labute approximate surface area is 389 Å². The van der Waals surface area contributed by atoms with Crippen LogP contribution in [-0.4, -0.2) is 132 Å². The number of methoxy groups -OCH3 is 3. The minimum Gasteiger partial charge on any atom is -0.390 e. The molecule has 3 unspecified atom stereocenters. The smallest absolute Gasteiger partial charge is 0.296 e. The van der Waals surface area contributed by atoms with Crippen molar-refractivity contribution < 1.29 is 58.2 Å². The van der Waals surface area contributed by atoms with Crippen molar-refractivity contribution in [2.24, 2.45) is 35.5 Å². The molecule has 3 fully saturated rings. The normalized spacial score (nSPS) is 40.4. The fraction of sp³-hybridized carbons (Fsp3) is 0.769. The van der Waals surface area contributed by atoms with Gasteiger partial charge in [-0.3, -0.25) is 19.2 Å². The molecule has 13 nitrogen and oxygen atoms in total. The van der Waals surface area contributed by atoms with E-state index in [-0.39, 0.29) is 47.9 Å². The number of carbonyl (C=O) groups excluding carboxylic acids is 4. The van der Waals surface area contributed by atoms with Crippen LogP contribution in [0.1, 0.15) is 132 Å². The molecule has 4 aliphatic rings. The van der Waals surface area contributed by atoms with E-state index in [1.807, 2.05) is 58.1 Å². The molecule has 2 bridgehead atoms. The van der Waals surface area contributed by atoms with Gasteiger partial charge in [0.2, 0.25) is 5.79 Å². The summed E-state index contributed by atoms with van der Waals surface area (Å²) in [6, 6.07) is -0.501. The Bertz CT molecular complexity index is 1710. The van der Waals surface area contributed by atoms with Gasteiger partial charge >= 0.3 is 0 Å². The minimum atomic E-state index is -2.32. The highest BCUT2D eigenvalue weighted by atomic mass is 16.6. The fourth-order valence-electron chi connectivity index (χ4n) is 10.6. The number of rotatable bonds is 6. The first-order valence-corrected chi connectivity index (χ1v) is 24.4. The zero-order chi connectivity index (χ0) is 48.2. The number of hydrogen-bond acceptors (Lipinski definition) is 12. The number of amides is 1. The highest BCUT2D eigenvalue weighted by Gasteiger charge is 2.53. The van der Waals surface area contributed by atoms with Gasteiger partial charge in [-0.15, -0.1) is 0 Å². The van der Waals surface area contributed by atoms with Crippen molar-refractivity contribution in [3.05, 3.63) is 47.6 Å². The topological polar surface area (TPSA) is 178 Å². The maximum absolute atomic E-state index is 14.4. The Balaban J connectivity index is 1.70. The molecule has 4 rings (SSSR count). The SMILES string of the molecule is CO[C@H]1C[C@@H]2CC[C@@H](C)[C@@](O)(O2)C(=O)C(=O)N2CCCCC2C(C)OC([C@H](C)C[C@@H]2CC[C@@H](O)[C@H](OC)C2)CC(=O)[C@H](C)/C=C(\C)[C@@H](O)[C@@H](OC)C(=O)[C@H](C)C[C@H](C)/C=C/C=CC=C1C. The summed E-state index contributed by atoms with van der Waals surface area (Å²) in [6.07, 6.45) is 13.0. The molecule has 1 aliphatic carbocycles. The molecule has 0 aromatic rings. The summed E-state index contributed by atoms with van der Waals surface area (Å²) in [7, 11) is 4.63. The van der Waals surface area contributed by atoms with Gasteiger partial charge in [0.1, 0.15) is 18.0 Å². The number of hydrogen-bond donors (Lipinski definition) is 3. The van der Waals surface area contributed by atoms with E-state index >= 15 is 0 Å². The largest absolute Gasteiger partial charge is 0.390 e. The Morgan fingerprint density at radius 1 is 0.846 bits per heavy atom. The second kappa shape index (κ2) is 25.5. The van der Waals surface area contributed by atoms with Crippen LogP contribution in [-0.2, 0) is 42.9 Å². The second-order valence-electron chi connectivity index (χ2n) is 20.0. The lowest BCUT2D eigenvalue weighted by Gasteiger charge is -2.44. The number of fused-ring (bicyclic) bond motifs is 3. The number of aliphatic hydroxyl groups is 3. The van der Waals surface area contributed by atoms with E-state index in [2.05, 4.69) is 6.92 Å². The first-order chi connectivity index (χ1) is 30.7. The van der Waals surface area contributed by atoms with E-state index in [0.29, 0.717) is 69.9 Å². The summed E-state index contributed by atoms with van der Waals surface area (Å²) in [5, 5.41) is 34.0. The molecule has 3 aliphatic heterocycles. The third kappa shape index (κ3) is 14.6. The van der Waals surface area contributed by atoms with E-state index in [4.69, 9.17) is 23.7 Å². The lowest BCUT2D eigenvalue weighted by Crippen LogP contribution is -2.61. The monoisotopic (exact) mass is 914 g/mol. The highest BCUT2D eigenvalue weighted by Crippen LogP contribution is 2.38. The van der Waals surface area contributed by atoms with E-state index < -0.39 is 77.9 Å². The molecular formula is C52H83NO12. The average molecular weight is 914 g/mol. The van der Waals surface area contributed by atoms with Crippen LogP contribution >= 0.6 is 0 Å². The maximum Gasteiger partial charge on any atom is 0.296 e. The highest BCUT2D eigenvalue weighted by molar-refractivity contribution is 6.38. The number of ether oxygens (including phenoxy) is 5. The summed E-state index contributed by atoms with van der Waals surface area (Å²) < 4.78 is 30.2. The fourth-order valence-corrected chi connectivity index (χ4v) is 10.6. The number of aliphatic hydroxyl groups excluding tert-OH is 2. The van der Waals surface area contributed by atoms with Crippen LogP contribution in [0.15, 0.2) is 47.6 Å². The van der Waals surface area contributed by atoms with E-state index in [1.54, 1.807) is 41.1 Å². The summed E-state index contributed by atoms with van der Waals surface area (Å²) in [5.74, 6) is -5.96. The lowest BCUT2D eigenvalue weighted by atomic mass is 9.78. The van der Waals surface area contributed by atoms with Crippen LogP contribution in [0.4, 0.5) is 0 Å². The number of carbonyl (C=O) groups is 4. The molecule has 0 aromatic carbocycles. The predicted molar refractivity (Wildman–Crippen MR) is 250 cm³/mol. The van der Waals surface area contributed by atoms with Gasteiger partial charge in [0, 0.05) is 58.5 Å². The number of ketones is 3. The third-order valence-corrected chi connectivity index (χ3v) is 14.9. The Hall–Kier alpha value is -2.88.